The molecule has 7 nitrogen and oxygen atoms in total. The second kappa shape index (κ2) is 32.6. The Hall–Kier alpha value is -16.9. The summed E-state index contributed by atoms with van der Waals surface area (Å²) in [5, 5.41) is 17.8. The van der Waals surface area contributed by atoms with E-state index in [2.05, 4.69) is 418 Å². The third-order valence-corrected chi connectivity index (χ3v) is 42.8. The highest BCUT2D eigenvalue weighted by Crippen LogP contribution is 2.62. The van der Waals surface area contributed by atoms with Gasteiger partial charge < -0.3 is 27.4 Å². The molecule has 3 aliphatic carbocycles. The third kappa shape index (κ3) is 12.4. The van der Waals surface area contributed by atoms with Crippen LogP contribution in [0.4, 0.5) is 0 Å². The maximum atomic E-state index is 15.5. The standard InChI is InChI=1S/C49H34NOP.C45H32NOP.C44H31N2OP/c1-49(2)42-26-23-32(36-20-12-14-31-13-6-7-17-35(31)36)29-40(42)41-30-33(24-27-43(41)49)50-44-21-10-8-18-37(44)38-25-28-46-47(48(38)50)39-19-9-11-22-45(39)52(46,51)34-15-4-3-5-16-34;1-45(2)38-24-21-30(29-13-5-3-6-14-29)27-36(38)37-28-31(22-25-39(37)45)46-40-19-11-9-17-33(40)34-23-26-42-43(44(34)46)35-18-10-12-20-41(35)48(42,47)32-15-7-4-8-16-32;1-44(2)37-26-29(28-22-24-45-25-23-28)16-18-32(37)33-19-17-30(27-38(33)44)46-39-14-8-6-12-34(39)35-20-21-41-42(43(35)46)36-13-7-9-15-40(36)48(41,47)31-10-4-3-5-11-31/h3-30H,1-2H3;3-28H,1-2H3;3-27H,1-2H3. The Balaban J connectivity index is 0.000000105. The molecule has 0 amide bonds. The van der Waals surface area contributed by atoms with Crippen molar-refractivity contribution in [3.8, 4) is 117 Å². The van der Waals surface area contributed by atoms with Gasteiger partial charge >= 0.3 is 0 Å². The molecular weight excluding hydrogens is 1850 g/mol. The number of para-hydroxylation sites is 3. The lowest BCUT2D eigenvalue weighted by Gasteiger charge is -2.23. The van der Waals surface area contributed by atoms with E-state index < -0.39 is 21.4 Å². The molecular formula is C138H97N4O3P3. The van der Waals surface area contributed by atoms with Crippen molar-refractivity contribution in [1.82, 2.24) is 18.7 Å². The van der Waals surface area contributed by atoms with Crippen LogP contribution in [0, 0.1) is 0 Å². The van der Waals surface area contributed by atoms with Gasteiger partial charge in [0.1, 0.15) is 0 Å². The molecule has 0 radical (unpaired) electrons. The van der Waals surface area contributed by atoms with Crippen LogP contribution in [0.3, 0.4) is 0 Å². The molecule has 3 unspecified atom stereocenters. The van der Waals surface area contributed by atoms with Gasteiger partial charge in [-0.3, -0.25) is 4.98 Å². The molecule has 10 heteroatoms. The van der Waals surface area contributed by atoms with Crippen LogP contribution in [-0.4, -0.2) is 18.7 Å². The van der Waals surface area contributed by atoms with E-state index in [9.17, 15) is 0 Å². The first-order chi connectivity index (χ1) is 72.4. The zero-order chi connectivity index (χ0) is 99.2. The summed E-state index contributed by atoms with van der Waals surface area (Å²) in [4.78, 5) is 4.22. The van der Waals surface area contributed by atoms with Gasteiger partial charge in [-0.05, 0) is 231 Å². The molecule has 0 spiro atoms. The molecule has 148 heavy (non-hydrogen) atoms. The molecule has 0 N–H and O–H groups in total. The largest absolute Gasteiger partial charge is 0.309 e. The summed E-state index contributed by atoms with van der Waals surface area (Å²) in [6.45, 7) is 14.1. The number of aromatic nitrogens is 4. The van der Waals surface area contributed by atoms with Crippen molar-refractivity contribution in [2.45, 2.75) is 57.8 Å². The summed E-state index contributed by atoms with van der Waals surface area (Å²) in [5.74, 6) is 0. The van der Waals surface area contributed by atoms with Gasteiger partial charge in [0.05, 0.1) is 33.1 Å². The quantitative estimate of drug-likeness (QED) is 0.135. The summed E-state index contributed by atoms with van der Waals surface area (Å²) < 4.78 is 53.7. The van der Waals surface area contributed by atoms with Crippen LogP contribution in [0.1, 0.15) is 74.9 Å². The first-order valence-corrected chi connectivity index (χ1v) is 56.3. The van der Waals surface area contributed by atoms with Gasteiger partial charge in [-0.25, -0.2) is 0 Å². The van der Waals surface area contributed by atoms with Gasteiger partial charge in [-0.1, -0.05) is 406 Å². The Morgan fingerprint density at radius 1 is 0.196 bits per heavy atom. The van der Waals surface area contributed by atoms with Crippen LogP contribution in [0.2, 0.25) is 0 Å². The predicted octanol–water partition coefficient (Wildman–Crippen LogP) is 31.7. The fourth-order valence-corrected chi connectivity index (χ4v) is 35.5. The van der Waals surface area contributed by atoms with Gasteiger partial charge in [0.25, 0.3) is 0 Å². The minimum absolute atomic E-state index is 0.109. The summed E-state index contributed by atoms with van der Waals surface area (Å²) in [6.07, 6.45) is 3.71. The summed E-state index contributed by atoms with van der Waals surface area (Å²) >= 11 is 0. The first-order valence-electron chi connectivity index (χ1n) is 51.2. The zero-order valence-corrected chi connectivity index (χ0v) is 85.1. The maximum absolute atomic E-state index is 15.5. The number of benzene rings is 21. The molecule has 3 atom stereocenters. The molecule has 702 valence electrons. The lowest BCUT2D eigenvalue weighted by molar-refractivity contribution is 0.592. The van der Waals surface area contributed by atoms with E-state index in [1.165, 1.54) is 143 Å². The average Bonchev–Trinajstić information content (AvgIpc) is 1.53. The van der Waals surface area contributed by atoms with Gasteiger partial charge in [0.2, 0.25) is 0 Å². The fourth-order valence-electron chi connectivity index (χ4n) is 26.4. The second-order valence-electron chi connectivity index (χ2n) is 42.0. The molecule has 0 bridgehead atoms. The number of hydrogen-bond acceptors (Lipinski definition) is 4. The first kappa shape index (κ1) is 87.7. The van der Waals surface area contributed by atoms with E-state index in [1.54, 1.807) is 0 Å². The van der Waals surface area contributed by atoms with Crippen LogP contribution in [0.5, 0.6) is 0 Å². The highest BCUT2D eigenvalue weighted by Gasteiger charge is 2.48. The van der Waals surface area contributed by atoms with Crippen LogP contribution >= 0.6 is 21.4 Å². The molecule has 4 aromatic heterocycles. The second-order valence-corrected chi connectivity index (χ2v) is 50.1. The van der Waals surface area contributed by atoms with Crippen LogP contribution in [0.15, 0.2) is 480 Å². The van der Waals surface area contributed by atoms with Crippen molar-refractivity contribution in [3.63, 3.8) is 0 Å². The van der Waals surface area contributed by atoms with Gasteiger partial charge in [-0.2, -0.15) is 0 Å². The van der Waals surface area contributed by atoms with Crippen LogP contribution < -0.4 is 47.7 Å². The number of pyridine rings is 1. The Labute approximate surface area is 859 Å². The summed E-state index contributed by atoms with van der Waals surface area (Å²) in [6, 6.07) is 166. The Morgan fingerprint density at radius 3 is 0.959 bits per heavy atom. The van der Waals surface area contributed by atoms with E-state index >= 15 is 13.7 Å². The van der Waals surface area contributed by atoms with Crippen LogP contribution in [0.25, 0.3) is 193 Å². The van der Waals surface area contributed by atoms with Gasteiger partial charge in [0.15, 0.2) is 21.4 Å². The molecule has 31 rings (SSSR count). The molecule has 25 aromatic rings. The Morgan fingerprint density at radius 2 is 0.507 bits per heavy atom. The third-order valence-electron chi connectivity index (χ3n) is 33.3. The minimum atomic E-state index is -3.10. The lowest BCUT2D eigenvalue weighted by atomic mass is 9.81. The predicted molar refractivity (Wildman–Crippen MR) is 622 cm³/mol. The fraction of sp³-hybridized carbons (Fsp3) is 0.0652. The Kier molecular flexibility index (Phi) is 19.3. The molecule has 6 aliphatic rings. The van der Waals surface area contributed by atoms with Crippen LogP contribution in [-0.2, 0) is 29.9 Å². The van der Waals surface area contributed by atoms with E-state index in [4.69, 9.17) is 0 Å². The normalized spacial score (nSPS) is 16.8. The number of hydrogen-bond donors (Lipinski definition) is 0. The molecule has 0 fully saturated rings. The Bertz CT molecular complexity index is 10200. The smallest absolute Gasteiger partial charge is 0.172 e. The monoisotopic (exact) mass is 1950 g/mol. The highest BCUT2D eigenvalue weighted by atomic mass is 31.2. The van der Waals surface area contributed by atoms with E-state index in [-0.39, 0.29) is 16.2 Å². The lowest BCUT2D eigenvalue weighted by Crippen LogP contribution is -2.20. The number of rotatable bonds is 9. The van der Waals surface area contributed by atoms with Gasteiger partial charge in [-0.15, -0.1) is 0 Å². The topological polar surface area (TPSA) is 78.9 Å². The maximum Gasteiger partial charge on any atom is 0.172 e. The van der Waals surface area contributed by atoms with Crippen molar-refractivity contribution >= 4 is 145 Å². The highest BCUT2D eigenvalue weighted by molar-refractivity contribution is 7.87. The molecule has 3 aliphatic heterocycles. The van der Waals surface area contributed by atoms with Gasteiger partial charge in [0, 0.05) is 142 Å². The van der Waals surface area contributed by atoms with E-state index in [1.807, 2.05) is 122 Å². The van der Waals surface area contributed by atoms with Crippen molar-refractivity contribution in [3.05, 3.63) is 513 Å². The van der Waals surface area contributed by atoms with Crippen molar-refractivity contribution in [2.75, 3.05) is 0 Å². The number of fused-ring (bicyclic) bond motifs is 31. The van der Waals surface area contributed by atoms with E-state index in [0.717, 1.165) is 131 Å². The average molecular weight is 1950 g/mol. The molecule has 21 aromatic carbocycles. The summed E-state index contributed by atoms with van der Waals surface area (Å²) in [5.41, 5.74) is 39.2. The SMILES string of the molecule is CC1(C)c2cc(-c3ccncc3)ccc2-c2ccc(-n3c4ccccc4c4ccc5c(c43)-c3ccccc3P5(=O)c3ccccc3)cc21.CC1(C)c2ccc(-c3cccc4ccccc34)cc2-c2cc(-n3c4ccccc4c4ccc5c(c43)-c3ccccc3P5(=O)c3ccccc3)ccc21.CC1(C)c2ccc(-c3ccccc3)cc2-c2cc(-n3c4ccccc4c4ccc5c(c43)-c3ccccc3P5(=O)c3ccccc3)ccc21. The molecule has 7 heterocycles. The van der Waals surface area contributed by atoms with Crippen molar-refractivity contribution in [1.29, 1.82) is 0 Å². The minimum Gasteiger partial charge on any atom is -0.309 e. The summed E-state index contributed by atoms with van der Waals surface area (Å²) in [7, 11) is -9.27. The zero-order valence-electron chi connectivity index (χ0n) is 82.5. The molecule has 0 saturated carbocycles. The van der Waals surface area contributed by atoms with Crippen molar-refractivity contribution < 1.29 is 13.7 Å². The van der Waals surface area contributed by atoms with Crippen molar-refractivity contribution in [2.24, 2.45) is 0 Å². The molecule has 0 saturated heterocycles. The number of nitrogens with zero attached hydrogens (tertiary/aromatic N) is 4. The van der Waals surface area contributed by atoms with E-state index in [0.29, 0.717) is 0 Å².